The van der Waals surface area contributed by atoms with E-state index in [4.69, 9.17) is 9.47 Å². The number of aliphatic imine (C=N–C) groups is 1. The van der Waals surface area contributed by atoms with E-state index in [1.807, 2.05) is 26.0 Å². The van der Waals surface area contributed by atoms with E-state index in [1.165, 1.54) is 0 Å². The van der Waals surface area contributed by atoms with Gasteiger partial charge >= 0.3 is 0 Å². The SMILES string of the molecule is CN=C(NCCCc1cc2c(OC)cc(OC)cc2[nH]1)NCCNC(=O)C(C)C. The van der Waals surface area contributed by atoms with Crippen LogP contribution in [-0.4, -0.2) is 57.8 Å². The molecule has 1 aromatic carbocycles. The Labute approximate surface area is 172 Å². The molecule has 0 aliphatic rings. The fraction of sp³-hybridized carbons (Fsp3) is 0.524. The van der Waals surface area contributed by atoms with E-state index >= 15 is 0 Å². The highest BCUT2D eigenvalue weighted by atomic mass is 16.5. The normalized spacial score (nSPS) is 11.6. The first-order chi connectivity index (χ1) is 14.0. The van der Waals surface area contributed by atoms with Crippen LogP contribution in [0.5, 0.6) is 11.5 Å². The summed E-state index contributed by atoms with van der Waals surface area (Å²) in [6, 6.07) is 5.99. The minimum atomic E-state index is -0.00173. The summed E-state index contributed by atoms with van der Waals surface area (Å²) >= 11 is 0. The third-order valence-corrected chi connectivity index (χ3v) is 4.56. The smallest absolute Gasteiger partial charge is 0.222 e. The van der Waals surface area contributed by atoms with Crippen LogP contribution in [-0.2, 0) is 11.2 Å². The first-order valence-electron chi connectivity index (χ1n) is 9.94. The molecule has 0 spiro atoms. The van der Waals surface area contributed by atoms with Crippen molar-refractivity contribution in [3.05, 3.63) is 23.9 Å². The number of hydrogen-bond donors (Lipinski definition) is 4. The molecule has 0 aliphatic heterocycles. The van der Waals surface area contributed by atoms with Gasteiger partial charge in [-0.3, -0.25) is 9.79 Å². The van der Waals surface area contributed by atoms with Gasteiger partial charge in [0.2, 0.25) is 5.91 Å². The minimum absolute atomic E-state index is 0.00173. The van der Waals surface area contributed by atoms with Crippen molar-refractivity contribution < 1.29 is 14.3 Å². The predicted molar refractivity (Wildman–Crippen MR) is 117 cm³/mol. The molecule has 0 saturated heterocycles. The third kappa shape index (κ3) is 6.58. The summed E-state index contributed by atoms with van der Waals surface area (Å²) in [6.07, 6.45) is 1.84. The summed E-state index contributed by atoms with van der Waals surface area (Å²) in [5.41, 5.74) is 2.15. The molecule has 1 heterocycles. The Kier molecular flexibility index (Phi) is 8.64. The lowest BCUT2D eigenvalue weighted by atomic mass is 10.2. The molecule has 4 N–H and O–H groups in total. The Balaban J connectivity index is 1.77. The molecule has 0 bridgehead atoms. The summed E-state index contributed by atoms with van der Waals surface area (Å²) in [6.45, 7) is 5.74. The number of aromatic nitrogens is 1. The summed E-state index contributed by atoms with van der Waals surface area (Å²) in [5, 5.41) is 10.4. The molecule has 2 rings (SSSR count). The second-order valence-corrected chi connectivity index (χ2v) is 7.06. The molecule has 0 aliphatic carbocycles. The number of aromatic amines is 1. The summed E-state index contributed by atoms with van der Waals surface area (Å²) in [5.74, 6) is 2.35. The number of benzene rings is 1. The summed E-state index contributed by atoms with van der Waals surface area (Å²) in [7, 11) is 5.05. The second kappa shape index (κ2) is 11.2. The Hall–Kier alpha value is -2.90. The van der Waals surface area contributed by atoms with Crippen molar-refractivity contribution in [2.75, 3.05) is 40.9 Å². The topological polar surface area (TPSA) is 99.8 Å². The van der Waals surface area contributed by atoms with Crippen molar-refractivity contribution in [2.24, 2.45) is 10.9 Å². The van der Waals surface area contributed by atoms with E-state index in [0.29, 0.717) is 13.1 Å². The predicted octanol–water partition coefficient (Wildman–Crippen LogP) is 2.05. The first-order valence-corrected chi connectivity index (χ1v) is 9.94. The molecule has 29 heavy (non-hydrogen) atoms. The van der Waals surface area contributed by atoms with Crippen LogP contribution in [0, 0.1) is 5.92 Å². The maximum absolute atomic E-state index is 11.5. The Morgan fingerprint density at radius 2 is 1.79 bits per heavy atom. The van der Waals surface area contributed by atoms with Crippen LogP contribution in [0.4, 0.5) is 0 Å². The molecular formula is C21H33N5O3. The van der Waals surface area contributed by atoms with Crippen molar-refractivity contribution in [2.45, 2.75) is 26.7 Å². The Bertz CT molecular complexity index is 829. The highest BCUT2D eigenvalue weighted by molar-refractivity contribution is 5.88. The number of methoxy groups -OCH3 is 2. The van der Waals surface area contributed by atoms with Crippen molar-refractivity contribution in [3.63, 3.8) is 0 Å². The van der Waals surface area contributed by atoms with Crippen molar-refractivity contribution in [3.8, 4) is 11.5 Å². The van der Waals surface area contributed by atoms with Gasteiger partial charge in [-0.1, -0.05) is 13.8 Å². The fourth-order valence-electron chi connectivity index (χ4n) is 2.94. The van der Waals surface area contributed by atoms with Gasteiger partial charge in [0.1, 0.15) is 11.5 Å². The van der Waals surface area contributed by atoms with E-state index in [0.717, 1.165) is 53.4 Å². The summed E-state index contributed by atoms with van der Waals surface area (Å²) < 4.78 is 10.8. The molecule has 0 unspecified atom stereocenters. The van der Waals surface area contributed by atoms with Crippen LogP contribution >= 0.6 is 0 Å². The number of guanidine groups is 1. The third-order valence-electron chi connectivity index (χ3n) is 4.56. The van der Waals surface area contributed by atoms with E-state index in [2.05, 4.69) is 32.0 Å². The second-order valence-electron chi connectivity index (χ2n) is 7.06. The van der Waals surface area contributed by atoms with Crippen LogP contribution in [0.3, 0.4) is 0 Å². The van der Waals surface area contributed by atoms with E-state index in [9.17, 15) is 4.79 Å². The van der Waals surface area contributed by atoms with Gasteiger partial charge in [0.25, 0.3) is 0 Å². The van der Waals surface area contributed by atoms with Crippen LogP contribution < -0.4 is 25.4 Å². The van der Waals surface area contributed by atoms with Crippen molar-refractivity contribution in [1.82, 2.24) is 20.9 Å². The highest BCUT2D eigenvalue weighted by Gasteiger charge is 2.09. The van der Waals surface area contributed by atoms with Crippen molar-refractivity contribution in [1.29, 1.82) is 0 Å². The number of hydrogen-bond acceptors (Lipinski definition) is 4. The molecule has 0 saturated carbocycles. The van der Waals surface area contributed by atoms with Crippen LogP contribution in [0.1, 0.15) is 26.0 Å². The number of nitrogens with one attached hydrogen (secondary N) is 4. The fourth-order valence-corrected chi connectivity index (χ4v) is 2.94. The molecule has 8 nitrogen and oxygen atoms in total. The van der Waals surface area contributed by atoms with Gasteiger partial charge < -0.3 is 30.4 Å². The summed E-state index contributed by atoms with van der Waals surface area (Å²) in [4.78, 5) is 19.2. The number of aryl methyl sites for hydroxylation is 1. The molecule has 0 radical (unpaired) electrons. The monoisotopic (exact) mass is 403 g/mol. The number of carbonyl (C=O) groups is 1. The maximum atomic E-state index is 11.5. The standard InChI is InChI=1S/C21H33N5O3/c1-14(2)20(27)23-9-10-25-21(22-3)24-8-6-7-15-11-17-18(26-15)12-16(28-4)13-19(17)29-5/h11-14,26H,6-10H2,1-5H3,(H,23,27)(H2,22,24,25). The number of fused-ring (bicyclic) bond motifs is 1. The Morgan fingerprint density at radius 1 is 1.07 bits per heavy atom. The molecule has 1 amide bonds. The van der Waals surface area contributed by atoms with Crippen LogP contribution in [0.15, 0.2) is 23.2 Å². The van der Waals surface area contributed by atoms with Gasteiger partial charge in [-0.25, -0.2) is 0 Å². The number of amides is 1. The van der Waals surface area contributed by atoms with Crippen LogP contribution in [0.2, 0.25) is 0 Å². The number of H-pyrrole nitrogens is 1. The number of carbonyl (C=O) groups excluding carboxylic acids is 1. The van der Waals surface area contributed by atoms with Crippen molar-refractivity contribution >= 4 is 22.8 Å². The lowest BCUT2D eigenvalue weighted by Crippen LogP contribution is -2.42. The minimum Gasteiger partial charge on any atom is -0.497 e. The quantitative estimate of drug-likeness (QED) is 0.276. The first kappa shape index (κ1) is 22.4. The van der Waals surface area contributed by atoms with Gasteiger partial charge in [0, 0.05) is 55.8 Å². The highest BCUT2D eigenvalue weighted by Crippen LogP contribution is 2.31. The number of nitrogens with zero attached hydrogens (tertiary/aromatic N) is 1. The molecular weight excluding hydrogens is 370 g/mol. The number of rotatable bonds is 10. The largest absolute Gasteiger partial charge is 0.497 e. The van der Waals surface area contributed by atoms with Gasteiger partial charge in [-0.15, -0.1) is 0 Å². The zero-order chi connectivity index (χ0) is 21.2. The average Bonchev–Trinajstić information content (AvgIpc) is 3.14. The molecule has 2 aromatic rings. The molecule has 8 heteroatoms. The lowest BCUT2D eigenvalue weighted by molar-refractivity contribution is -0.123. The number of ether oxygens (including phenoxy) is 2. The van der Waals surface area contributed by atoms with E-state index < -0.39 is 0 Å². The molecule has 1 aromatic heterocycles. The lowest BCUT2D eigenvalue weighted by Gasteiger charge is -2.12. The van der Waals surface area contributed by atoms with Crippen LogP contribution in [0.25, 0.3) is 10.9 Å². The van der Waals surface area contributed by atoms with E-state index in [-0.39, 0.29) is 11.8 Å². The zero-order valence-corrected chi connectivity index (χ0v) is 18.0. The molecule has 160 valence electrons. The van der Waals surface area contributed by atoms with Gasteiger partial charge in [-0.2, -0.15) is 0 Å². The molecule has 0 fully saturated rings. The Morgan fingerprint density at radius 3 is 2.45 bits per heavy atom. The maximum Gasteiger partial charge on any atom is 0.222 e. The average molecular weight is 404 g/mol. The van der Waals surface area contributed by atoms with Gasteiger partial charge in [-0.05, 0) is 18.9 Å². The molecule has 0 atom stereocenters. The van der Waals surface area contributed by atoms with E-state index in [1.54, 1.807) is 21.3 Å². The van der Waals surface area contributed by atoms with Gasteiger partial charge in [0.05, 0.1) is 19.7 Å². The van der Waals surface area contributed by atoms with Gasteiger partial charge in [0.15, 0.2) is 5.96 Å². The zero-order valence-electron chi connectivity index (χ0n) is 18.0.